The molecule has 3 rings (SSSR count). The van der Waals surface area contributed by atoms with E-state index in [2.05, 4.69) is 10.5 Å². The molecular weight excluding hydrogens is 497 g/mol. The van der Waals surface area contributed by atoms with Gasteiger partial charge < -0.3 is 9.84 Å². The van der Waals surface area contributed by atoms with Crippen molar-refractivity contribution in [2.24, 2.45) is 5.10 Å². The quantitative estimate of drug-likeness (QED) is 0.312. The summed E-state index contributed by atoms with van der Waals surface area (Å²) in [5.41, 5.74) is 2.90. The number of halogens is 2. The highest BCUT2D eigenvalue weighted by Gasteiger charge is 2.27. The second kappa shape index (κ2) is 11.8. The number of hydrogen-bond donors (Lipinski definition) is 2. The predicted molar refractivity (Wildman–Crippen MR) is 130 cm³/mol. The van der Waals surface area contributed by atoms with Gasteiger partial charge in [0.15, 0.2) is 11.5 Å². The lowest BCUT2D eigenvalue weighted by atomic mass is 10.2. The number of phenolic OH excluding ortho intramolecular Hbond substituents is 1. The molecule has 0 atom stereocenters. The van der Waals surface area contributed by atoms with Crippen molar-refractivity contribution in [1.82, 2.24) is 9.73 Å². The Hall–Kier alpha value is -3.47. The molecule has 8 nitrogen and oxygen atoms in total. The first-order chi connectivity index (χ1) is 16.7. The van der Waals surface area contributed by atoms with E-state index >= 15 is 0 Å². The van der Waals surface area contributed by atoms with E-state index in [1.165, 1.54) is 60.8 Å². The van der Waals surface area contributed by atoms with E-state index in [4.69, 9.17) is 16.3 Å². The Morgan fingerprint density at radius 1 is 1.17 bits per heavy atom. The minimum Gasteiger partial charge on any atom is -0.504 e. The zero-order valence-electron chi connectivity index (χ0n) is 18.7. The molecule has 11 heteroatoms. The molecule has 0 spiro atoms. The highest BCUT2D eigenvalue weighted by atomic mass is 35.5. The van der Waals surface area contributed by atoms with E-state index in [0.717, 1.165) is 4.31 Å². The van der Waals surface area contributed by atoms with Gasteiger partial charge in [0.05, 0.1) is 24.3 Å². The van der Waals surface area contributed by atoms with Gasteiger partial charge in [0, 0.05) is 17.1 Å². The number of carbonyl (C=O) groups is 1. The number of sulfonamides is 1. The van der Waals surface area contributed by atoms with Gasteiger partial charge in [-0.3, -0.25) is 4.79 Å². The summed E-state index contributed by atoms with van der Waals surface area (Å²) in [6.45, 7) is 1.14. The van der Waals surface area contributed by atoms with Crippen LogP contribution in [0, 0.1) is 5.82 Å². The topological polar surface area (TPSA) is 108 Å². The molecule has 0 saturated carbocycles. The Bertz CT molecular complexity index is 1320. The molecule has 0 aliphatic heterocycles. The van der Waals surface area contributed by atoms with Crippen molar-refractivity contribution in [1.29, 1.82) is 0 Å². The van der Waals surface area contributed by atoms with Crippen LogP contribution in [-0.2, 0) is 21.4 Å². The molecule has 3 aromatic rings. The summed E-state index contributed by atoms with van der Waals surface area (Å²) in [7, 11) is -4.17. The number of aromatic hydroxyl groups is 1. The monoisotopic (exact) mass is 519 g/mol. The predicted octanol–water partition coefficient (Wildman–Crippen LogP) is 3.92. The molecule has 0 aliphatic rings. The number of phenols is 1. The van der Waals surface area contributed by atoms with Gasteiger partial charge in [0.25, 0.3) is 5.91 Å². The molecule has 3 aromatic carbocycles. The number of nitrogens with one attached hydrogen (secondary N) is 1. The van der Waals surface area contributed by atoms with E-state index < -0.39 is 28.3 Å². The number of ether oxygens (including phenoxy) is 1. The number of amides is 1. The minimum absolute atomic E-state index is 0.0378. The van der Waals surface area contributed by atoms with Crippen LogP contribution in [0.15, 0.2) is 76.7 Å². The molecule has 0 radical (unpaired) electrons. The maximum atomic E-state index is 14.2. The van der Waals surface area contributed by atoms with Crippen molar-refractivity contribution in [2.75, 3.05) is 13.2 Å². The lowest BCUT2D eigenvalue weighted by Gasteiger charge is -2.21. The fourth-order valence-corrected chi connectivity index (χ4v) is 4.55. The fourth-order valence-electron chi connectivity index (χ4n) is 3.05. The van der Waals surface area contributed by atoms with E-state index in [-0.39, 0.29) is 28.5 Å². The van der Waals surface area contributed by atoms with Crippen molar-refractivity contribution in [3.8, 4) is 11.5 Å². The Kier molecular flexibility index (Phi) is 8.80. The molecule has 1 amide bonds. The van der Waals surface area contributed by atoms with E-state index in [1.807, 2.05) is 0 Å². The molecule has 2 N–H and O–H groups in total. The Morgan fingerprint density at radius 2 is 1.89 bits per heavy atom. The van der Waals surface area contributed by atoms with Crippen molar-refractivity contribution in [3.05, 3.63) is 88.7 Å². The third kappa shape index (κ3) is 7.01. The maximum absolute atomic E-state index is 14.2. The highest BCUT2D eigenvalue weighted by Crippen LogP contribution is 2.26. The first kappa shape index (κ1) is 26.1. The summed E-state index contributed by atoms with van der Waals surface area (Å²) in [4.78, 5) is 12.5. The van der Waals surface area contributed by atoms with Gasteiger partial charge in [-0.05, 0) is 61.0 Å². The number of carbonyl (C=O) groups excluding carboxylic acids is 1. The van der Waals surface area contributed by atoms with Crippen LogP contribution in [0.3, 0.4) is 0 Å². The molecule has 0 bridgehead atoms. The second-order valence-corrected chi connectivity index (χ2v) is 9.65. The van der Waals surface area contributed by atoms with Crippen LogP contribution in [0.25, 0.3) is 0 Å². The molecule has 0 heterocycles. The molecule has 0 aromatic heterocycles. The molecule has 0 fully saturated rings. The summed E-state index contributed by atoms with van der Waals surface area (Å²) in [6, 6.07) is 15.7. The minimum atomic E-state index is -4.17. The van der Waals surface area contributed by atoms with Gasteiger partial charge >= 0.3 is 0 Å². The van der Waals surface area contributed by atoms with Gasteiger partial charge in [-0.25, -0.2) is 18.2 Å². The lowest BCUT2D eigenvalue weighted by molar-refractivity contribution is -0.121. The molecule has 184 valence electrons. The molecule has 35 heavy (non-hydrogen) atoms. The van der Waals surface area contributed by atoms with Gasteiger partial charge in [-0.2, -0.15) is 9.41 Å². The van der Waals surface area contributed by atoms with Gasteiger partial charge in [0.2, 0.25) is 10.0 Å². The molecule has 0 unspecified atom stereocenters. The number of nitrogens with zero attached hydrogens (tertiary/aromatic N) is 2. The molecule has 0 aliphatic carbocycles. The van der Waals surface area contributed by atoms with Crippen molar-refractivity contribution in [3.63, 3.8) is 0 Å². The average molecular weight is 520 g/mol. The summed E-state index contributed by atoms with van der Waals surface area (Å²) in [5, 5.41) is 14.0. The number of rotatable bonds is 10. The summed E-state index contributed by atoms with van der Waals surface area (Å²) in [5.74, 6) is -1.12. The second-order valence-electron chi connectivity index (χ2n) is 7.27. The first-order valence-electron chi connectivity index (χ1n) is 10.5. The highest BCUT2D eigenvalue weighted by molar-refractivity contribution is 7.89. The van der Waals surface area contributed by atoms with Crippen LogP contribution in [0.1, 0.15) is 18.1 Å². The van der Waals surface area contributed by atoms with Crippen LogP contribution in [0.4, 0.5) is 4.39 Å². The van der Waals surface area contributed by atoms with Gasteiger partial charge in [0.1, 0.15) is 5.82 Å². The first-order valence-corrected chi connectivity index (χ1v) is 12.3. The van der Waals surface area contributed by atoms with Crippen LogP contribution < -0.4 is 10.2 Å². The maximum Gasteiger partial charge on any atom is 0.255 e. The summed E-state index contributed by atoms with van der Waals surface area (Å²) in [6.07, 6.45) is 1.31. The van der Waals surface area contributed by atoms with Gasteiger partial charge in [-0.15, -0.1) is 0 Å². The zero-order valence-corrected chi connectivity index (χ0v) is 20.3. The van der Waals surface area contributed by atoms with E-state index in [0.29, 0.717) is 17.2 Å². The van der Waals surface area contributed by atoms with Crippen molar-refractivity contribution >= 4 is 33.7 Å². The van der Waals surface area contributed by atoms with Crippen LogP contribution in [0.2, 0.25) is 5.02 Å². The molecule has 0 saturated heterocycles. The van der Waals surface area contributed by atoms with Crippen molar-refractivity contribution < 1.29 is 27.4 Å². The summed E-state index contributed by atoms with van der Waals surface area (Å²) < 4.78 is 46.9. The van der Waals surface area contributed by atoms with Crippen LogP contribution in [0.5, 0.6) is 11.5 Å². The average Bonchev–Trinajstić information content (AvgIpc) is 2.82. The number of hydrogen-bond acceptors (Lipinski definition) is 6. The smallest absolute Gasteiger partial charge is 0.255 e. The Balaban J connectivity index is 1.78. The zero-order chi connectivity index (χ0) is 25.4. The fraction of sp³-hybridized carbons (Fsp3) is 0.167. The standard InChI is InChI=1S/C24H23ClFN3O5S/c1-2-34-23-13-17(7-12-22(23)30)14-27-28-24(31)16-29(15-18-5-3-4-6-21(18)26)35(32,33)20-10-8-19(25)9-11-20/h3-14,30H,2,15-16H2,1H3,(H,28,31)/b27-14+. The van der Waals surface area contributed by atoms with Crippen LogP contribution in [-0.4, -0.2) is 43.1 Å². The summed E-state index contributed by atoms with van der Waals surface area (Å²) >= 11 is 5.86. The third-order valence-electron chi connectivity index (χ3n) is 4.76. The Labute approximate surface area is 207 Å². The largest absolute Gasteiger partial charge is 0.504 e. The number of benzene rings is 3. The normalized spacial score (nSPS) is 11.7. The lowest BCUT2D eigenvalue weighted by Crippen LogP contribution is -2.39. The molecular formula is C24H23ClFN3O5S. The Morgan fingerprint density at radius 3 is 2.57 bits per heavy atom. The van der Waals surface area contributed by atoms with E-state index in [1.54, 1.807) is 19.1 Å². The van der Waals surface area contributed by atoms with Crippen LogP contribution >= 0.6 is 11.6 Å². The third-order valence-corrected chi connectivity index (χ3v) is 6.82. The van der Waals surface area contributed by atoms with Gasteiger partial charge in [-0.1, -0.05) is 29.8 Å². The SMILES string of the molecule is CCOc1cc(/C=N/NC(=O)CN(Cc2ccccc2F)S(=O)(=O)c2ccc(Cl)cc2)ccc1O. The van der Waals surface area contributed by atoms with Crippen molar-refractivity contribution in [2.45, 2.75) is 18.4 Å². The van der Waals surface area contributed by atoms with E-state index in [9.17, 15) is 22.7 Å². The number of hydrazone groups is 1.